The Morgan fingerprint density at radius 2 is 1.96 bits per heavy atom. The van der Waals surface area contributed by atoms with Crippen molar-refractivity contribution in [3.8, 4) is 0 Å². The predicted octanol–water partition coefficient (Wildman–Crippen LogP) is 3.73. The van der Waals surface area contributed by atoms with Crippen LogP contribution >= 0.6 is 11.6 Å². The number of carbonyl (C=O) groups is 1. The van der Waals surface area contributed by atoms with Crippen molar-refractivity contribution in [1.29, 1.82) is 0 Å². The van der Waals surface area contributed by atoms with Crippen molar-refractivity contribution in [3.05, 3.63) is 77.0 Å². The van der Waals surface area contributed by atoms with E-state index in [1.165, 1.54) is 0 Å². The van der Waals surface area contributed by atoms with Crippen LogP contribution in [0.15, 0.2) is 53.3 Å². The van der Waals surface area contributed by atoms with Gasteiger partial charge in [0.2, 0.25) is 5.82 Å². The summed E-state index contributed by atoms with van der Waals surface area (Å²) in [6.07, 6.45) is 7.44. The number of benzene rings is 1. The van der Waals surface area contributed by atoms with E-state index in [2.05, 4.69) is 15.0 Å². The summed E-state index contributed by atoms with van der Waals surface area (Å²) in [5.41, 5.74) is 1.11. The molecule has 1 fully saturated rings. The van der Waals surface area contributed by atoms with Gasteiger partial charge in [-0.1, -0.05) is 23.7 Å². The highest BCUT2D eigenvalue weighted by atomic mass is 35.5. The van der Waals surface area contributed by atoms with Crippen molar-refractivity contribution in [1.82, 2.24) is 19.9 Å². The van der Waals surface area contributed by atoms with Crippen LogP contribution in [0.5, 0.6) is 0 Å². The molecule has 1 saturated heterocycles. The zero-order valence-electron chi connectivity index (χ0n) is 14.7. The molecule has 27 heavy (non-hydrogen) atoms. The molecule has 7 heteroatoms. The highest BCUT2D eigenvalue weighted by Crippen LogP contribution is 2.28. The number of amides is 1. The van der Waals surface area contributed by atoms with Gasteiger partial charge in [-0.25, -0.2) is 15.0 Å². The zero-order valence-corrected chi connectivity index (χ0v) is 15.5. The van der Waals surface area contributed by atoms with E-state index in [4.69, 9.17) is 16.0 Å². The van der Waals surface area contributed by atoms with E-state index in [1.807, 2.05) is 24.3 Å². The Hall–Kier alpha value is -2.73. The normalized spacial score (nSPS) is 17.1. The monoisotopic (exact) mass is 382 g/mol. The molecule has 4 rings (SSSR count). The fourth-order valence-corrected chi connectivity index (χ4v) is 3.44. The van der Waals surface area contributed by atoms with Gasteiger partial charge in [0.05, 0.1) is 12.1 Å². The second-order valence-corrected chi connectivity index (χ2v) is 7.07. The van der Waals surface area contributed by atoms with Crippen LogP contribution in [-0.2, 0) is 6.42 Å². The average molecular weight is 383 g/mol. The van der Waals surface area contributed by atoms with Crippen molar-refractivity contribution in [3.63, 3.8) is 0 Å². The van der Waals surface area contributed by atoms with Crippen molar-refractivity contribution in [2.24, 2.45) is 0 Å². The molecule has 2 aromatic heterocycles. The molecule has 138 valence electrons. The molecule has 0 bridgehead atoms. The van der Waals surface area contributed by atoms with Gasteiger partial charge in [0.1, 0.15) is 5.76 Å². The summed E-state index contributed by atoms with van der Waals surface area (Å²) in [7, 11) is 0. The summed E-state index contributed by atoms with van der Waals surface area (Å²) >= 11 is 5.93. The maximum absolute atomic E-state index is 12.6. The number of likely N-dealkylation sites (tertiary alicyclic amines) is 1. The summed E-state index contributed by atoms with van der Waals surface area (Å²) < 4.78 is 5.98. The SMILES string of the molecule is O=C(c1ncccn1)N1CCC[C@H](c2ncc(Cc3ccc(Cl)cc3)o2)C1. The molecule has 1 aromatic carbocycles. The molecule has 3 aromatic rings. The number of hydrogen-bond acceptors (Lipinski definition) is 5. The quantitative estimate of drug-likeness (QED) is 0.687. The Labute approximate surface area is 162 Å². The Morgan fingerprint density at radius 1 is 1.19 bits per heavy atom. The van der Waals surface area contributed by atoms with E-state index in [-0.39, 0.29) is 17.6 Å². The molecule has 0 saturated carbocycles. The van der Waals surface area contributed by atoms with Crippen molar-refractivity contribution in [2.45, 2.75) is 25.2 Å². The van der Waals surface area contributed by atoms with E-state index in [0.717, 1.165) is 24.2 Å². The van der Waals surface area contributed by atoms with Crippen LogP contribution in [0.3, 0.4) is 0 Å². The molecule has 1 atom stereocenters. The van der Waals surface area contributed by atoms with Gasteiger partial charge in [-0.2, -0.15) is 0 Å². The maximum atomic E-state index is 12.6. The van der Waals surface area contributed by atoms with E-state index < -0.39 is 0 Å². The first-order valence-electron chi connectivity index (χ1n) is 8.94. The maximum Gasteiger partial charge on any atom is 0.291 e. The van der Waals surface area contributed by atoms with Gasteiger partial charge in [0.15, 0.2) is 5.89 Å². The van der Waals surface area contributed by atoms with Crippen LogP contribution in [0, 0.1) is 0 Å². The number of halogens is 1. The molecule has 1 amide bonds. The van der Waals surface area contributed by atoms with Gasteiger partial charge in [-0.15, -0.1) is 0 Å². The average Bonchev–Trinajstić information content (AvgIpc) is 3.18. The third-order valence-corrected chi connectivity index (χ3v) is 4.93. The third-order valence-electron chi connectivity index (χ3n) is 4.68. The van der Waals surface area contributed by atoms with Crippen LogP contribution in [-0.4, -0.2) is 38.8 Å². The van der Waals surface area contributed by atoms with Crippen LogP contribution in [0.25, 0.3) is 0 Å². The Balaban J connectivity index is 1.43. The molecule has 0 unspecified atom stereocenters. The third kappa shape index (κ3) is 4.17. The molecular weight excluding hydrogens is 364 g/mol. The standard InChI is InChI=1S/C20H19ClN4O2/c21-16-6-4-14(5-7-16)11-17-12-24-19(27-17)15-3-1-10-25(13-15)20(26)18-22-8-2-9-23-18/h2,4-9,12,15H,1,3,10-11,13H2/t15-/m0/s1. The first kappa shape index (κ1) is 17.7. The Kier molecular flexibility index (Phi) is 5.16. The number of oxazole rings is 1. The van der Waals surface area contributed by atoms with E-state index in [0.29, 0.717) is 30.4 Å². The van der Waals surface area contributed by atoms with E-state index >= 15 is 0 Å². The first-order chi connectivity index (χ1) is 13.2. The van der Waals surface area contributed by atoms with Gasteiger partial charge in [0, 0.05) is 36.9 Å². The van der Waals surface area contributed by atoms with Gasteiger partial charge < -0.3 is 9.32 Å². The number of nitrogens with zero attached hydrogens (tertiary/aromatic N) is 4. The fourth-order valence-electron chi connectivity index (χ4n) is 3.31. The van der Waals surface area contributed by atoms with Crippen LogP contribution < -0.4 is 0 Å². The lowest BCUT2D eigenvalue weighted by Gasteiger charge is -2.30. The molecule has 0 N–H and O–H groups in total. The molecule has 6 nitrogen and oxygen atoms in total. The minimum Gasteiger partial charge on any atom is -0.445 e. The van der Waals surface area contributed by atoms with Crippen molar-refractivity contribution < 1.29 is 9.21 Å². The van der Waals surface area contributed by atoms with Crippen LogP contribution in [0.1, 0.15) is 46.6 Å². The van der Waals surface area contributed by atoms with Crippen molar-refractivity contribution in [2.75, 3.05) is 13.1 Å². The van der Waals surface area contributed by atoms with E-state index in [9.17, 15) is 4.79 Å². The smallest absolute Gasteiger partial charge is 0.291 e. The Morgan fingerprint density at radius 3 is 2.74 bits per heavy atom. The van der Waals surface area contributed by atoms with E-state index in [1.54, 1.807) is 29.6 Å². The van der Waals surface area contributed by atoms with Gasteiger partial charge >= 0.3 is 0 Å². The fraction of sp³-hybridized carbons (Fsp3) is 0.300. The summed E-state index contributed by atoms with van der Waals surface area (Å²) in [6, 6.07) is 9.39. The number of rotatable bonds is 4. The summed E-state index contributed by atoms with van der Waals surface area (Å²) in [4.78, 5) is 26.9. The van der Waals surface area contributed by atoms with Gasteiger partial charge in [-0.05, 0) is 36.6 Å². The second-order valence-electron chi connectivity index (χ2n) is 6.63. The summed E-state index contributed by atoms with van der Waals surface area (Å²) in [6.45, 7) is 1.27. The molecule has 3 heterocycles. The largest absolute Gasteiger partial charge is 0.445 e. The second kappa shape index (κ2) is 7.88. The van der Waals surface area contributed by atoms with Gasteiger partial charge in [0.25, 0.3) is 5.91 Å². The lowest BCUT2D eigenvalue weighted by atomic mass is 9.98. The number of carbonyl (C=O) groups excluding carboxylic acids is 1. The molecular formula is C20H19ClN4O2. The molecule has 0 spiro atoms. The zero-order chi connectivity index (χ0) is 18.6. The van der Waals surface area contributed by atoms with Crippen LogP contribution in [0.4, 0.5) is 0 Å². The minimum atomic E-state index is -0.145. The summed E-state index contributed by atoms with van der Waals surface area (Å²) in [5.74, 6) is 1.67. The molecule has 1 aliphatic rings. The highest BCUT2D eigenvalue weighted by Gasteiger charge is 2.29. The van der Waals surface area contributed by atoms with Crippen LogP contribution in [0.2, 0.25) is 5.02 Å². The van der Waals surface area contributed by atoms with Crippen molar-refractivity contribution >= 4 is 17.5 Å². The topological polar surface area (TPSA) is 72.1 Å². The number of hydrogen-bond donors (Lipinski definition) is 0. The highest BCUT2D eigenvalue weighted by molar-refractivity contribution is 6.30. The number of piperidine rings is 1. The number of aromatic nitrogens is 3. The first-order valence-corrected chi connectivity index (χ1v) is 9.32. The van der Waals surface area contributed by atoms with Gasteiger partial charge in [-0.3, -0.25) is 4.79 Å². The molecule has 0 radical (unpaired) electrons. The lowest BCUT2D eigenvalue weighted by molar-refractivity contribution is 0.0685. The molecule has 0 aliphatic carbocycles. The Bertz CT molecular complexity index is 911. The summed E-state index contributed by atoms with van der Waals surface area (Å²) in [5, 5.41) is 0.714. The predicted molar refractivity (Wildman–Crippen MR) is 101 cm³/mol. The lowest BCUT2D eigenvalue weighted by Crippen LogP contribution is -2.39. The molecule has 1 aliphatic heterocycles. The minimum absolute atomic E-state index is 0.0883.